The highest BCUT2D eigenvalue weighted by atomic mass is 16.5. The third-order valence-electron chi connectivity index (χ3n) is 4.36. The van der Waals surface area contributed by atoms with Gasteiger partial charge in [-0.15, -0.1) is 0 Å². The number of amides is 1. The van der Waals surface area contributed by atoms with Crippen LogP contribution in [0, 0.1) is 0 Å². The molecule has 4 heteroatoms. The van der Waals surface area contributed by atoms with Crippen molar-refractivity contribution < 1.29 is 14.3 Å². The Hall–Kier alpha value is -3.27. The molecule has 0 spiro atoms. The Morgan fingerprint density at radius 3 is 2.36 bits per heavy atom. The van der Waals surface area contributed by atoms with E-state index in [1.54, 1.807) is 6.92 Å². The third kappa shape index (κ3) is 5.61. The quantitative estimate of drug-likeness (QED) is 0.586. The van der Waals surface area contributed by atoms with Crippen molar-refractivity contribution in [3.63, 3.8) is 0 Å². The highest BCUT2D eigenvalue weighted by Crippen LogP contribution is 2.20. The first-order valence-electron chi connectivity index (χ1n) is 9.47. The van der Waals surface area contributed by atoms with Crippen LogP contribution in [0.1, 0.15) is 25.0 Å². The Labute approximate surface area is 166 Å². The van der Waals surface area contributed by atoms with Crippen LogP contribution in [0.25, 0.3) is 0 Å². The highest BCUT2D eigenvalue weighted by molar-refractivity contribution is 5.94. The van der Waals surface area contributed by atoms with Crippen LogP contribution in [0.4, 0.5) is 5.69 Å². The van der Waals surface area contributed by atoms with Gasteiger partial charge < -0.3 is 14.8 Å². The van der Waals surface area contributed by atoms with E-state index in [-0.39, 0.29) is 5.91 Å². The summed E-state index contributed by atoms with van der Waals surface area (Å²) in [5.74, 6) is 1.17. The van der Waals surface area contributed by atoms with Crippen molar-refractivity contribution >= 4 is 11.6 Å². The van der Waals surface area contributed by atoms with E-state index in [2.05, 4.69) is 12.2 Å². The van der Waals surface area contributed by atoms with Gasteiger partial charge in [0.1, 0.15) is 18.1 Å². The average Bonchev–Trinajstić information content (AvgIpc) is 2.74. The van der Waals surface area contributed by atoms with Gasteiger partial charge in [-0.2, -0.15) is 0 Å². The highest BCUT2D eigenvalue weighted by Gasteiger charge is 2.15. The van der Waals surface area contributed by atoms with Crippen molar-refractivity contribution in [3.8, 4) is 11.5 Å². The van der Waals surface area contributed by atoms with Crippen molar-refractivity contribution in [1.29, 1.82) is 0 Å². The molecule has 1 amide bonds. The standard InChI is InChI=1S/C24H25NO3/c1-3-19-12-14-22(15-13-19)28-18(2)24(26)25-21-10-7-11-23(16-21)27-17-20-8-5-4-6-9-20/h4-16,18H,3,17H2,1-2H3,(H,25,26). The van der Waals surface area contributed by atoms with Gasteiger partial charge in [-0.1, -0.05) is 55.5 Å². The Balaban J connectivity index is 1.55. The fourth-order valence-corrected chi connectivity index (χ4v) is 2.71. The molecule has 0 aliphatic rings. The summed E-state index contributed by atoms with van der Waals surface area (Å²) in [5, 5.41) is 2.88. The molecule has 3 aromatic carbocycles. The van der Waals surface area contributed by atoms with Crippen molar-refractivity contribution in [3.05, 3.63) is 90.0 Å². The van der Waals surface area contributed by atoms with Crippen molar-refractivity contribution in [2.45, 2.75) is 33.0 Å². The first-order valence-corrected chi connectivity index (χ1v) is 9.47. The van der Waals surface area contributed by atoms with Gasteiger partial charge in [0.25, 0.3) is 5.91 Å². The molecular formula is C24H25NO3. The smallest absolute Gasteiger partial charge is 0.265 e. The molecule has 0 saturated heterocycles. The maximum absolute atomic E-state index is 12.5. The number of anilines is 1. The summed E-state index contributed by atoms with van der Waals surface area (Å²) in [6.45, 7) is 4.31. The Morgan fingerprint density at radius 1 is 0.893 bits per heavy atom. The molecule has 1 unspecified atom stereocenters. The van der Waals surface area contributed by atoms with Gasteiger partial charge in [0.15, 0.2) is 6.10 Å². The van der Waals surface area contributed by atoms with Crippen LogP contribution in [0.2, 0.25) is 0 Å². The number of nitrogens with one attached hydrogen (secondary N) is 1. The van der Waals surface area contributed by atoms with Crippen LogP contribution >= 0.6 is 0 Å². The van der Waals surface area contributed by atoms with Crippen LogP contribution in [-0.4, -0.2) is 12.0 Å². The molecule has 4 nitrogen and oxygen atoms in total. The molecule has 0 aliphatic heterocycles. The zero-order chi connectivity index (χ0) is 19.8. The molecule has 0 aliphatic carbocycles. The lowest BCUT2D eigenvalue weighted by Gasteiger charge is -2.15. The molecule has 144 valence electrons. The summed E-state index contributed by atoms with van der Waals surface area (Å²) < 4.78 is 11.5. The molecule has 0 bridgehead atoms. The number of rotatable bonds is 8. The lowest BCUT2D eigenvalue weighted by atomic mass is 10.2. The third-order valence-corrected chi connectivity index (χ3v) is 4.36. The van der Waals surface area contributed by atoms with Gasteiger partial charge in [-0.05, 0) is 48.7 Å². The minimum absolute atomic E-state index is 0.209. The summed E-state index contributed by atoms with van der Waals surface area (Å²) in [4.78, 5) is 12.5. The predicted octanol–water partition coefficient (Wildman–Crippen LogP) is 5.23. The first-order chi connectivity index (χ1) is 13.6. The molecule has 1 atom stereocenters. The number of carbonyl (C=O) groups is 1. The summed E-state index contributed by atoms with van der Waals surface area (Å²) in [6, 6.07) is 25.1. The summed E-state index contributed by atoms with van der Waals surface area (Å²) in [6.07, 6.45) is 0.361. The fourth-order valence-electron chi connectivity index (χ4n) is 2.71. The molecule has 0 radical (unpaired) electrons. The van der Waals surface area contributed by atoms with E-state index < -0.39 is 6.10 Å². The van der Waals surface area contributed by atoms with Crippen molar-refractivity contribution in [2.24, 2.45) is 0 Å². The van der Waals surface area contributed by atoms with E-state index in [1.807, 2.05) is 78.9 Å². The van der Waals surface area contributed by atoms with Crippen LogP contribution < -0.4 is 14.8 Å². The number of ether oxygens (including phenoxy) is 2. The lowest BCUT2D eigenvalue weighted by molar-refractivity contribution is -0.122. The lowest BCUT2D eigenvalue weighted by Crippen LogP contribution is -2.30. The van der Waals surface area contributed by atoms with E-state index in [0.29, 0.717) is 23.8 Å². The number of hydrogen-bond donors (Lipinski definition) is 1. The van der Waals surface area contributed by atoms with Gasteiger partial charge >= 0.3 is 0 Å². The minimum Gasteiger partial charge on any atom is -0.489 e. The van der Waals surface area contributed by atoms with E-state index in [1.165, 1.54) is 5.56 Å². The van der Waals surface area contributed by atoms with E-state index in [9.17, 15) is 4.79 Å². The van der Waals surface area contributed by atoms with Crippen molar-refractivity contribution in [2.75, 3.05) is 5.32 Å². The van der Waals surface area contributed by atoms with Gasteiger partial charge in [0.2, 0.25) is 0 Å². The second kappa shape index (κ2) is 9.60. The Kier molecular flexibility index (Phi) is 6.68. The van der Waals surface area contributed by atoms with Crippen LogP contribution in [0.15, 0.2) is 78.9 Å². The monoisotopic (exact) mass is 375 g/mol. The predicted molar refractivity (Wildman–Crippen MR) is 112 cm³/mol. The molecule has 28 heavy (non-hydrogen) atoms. The number of aryl methyl sites for hydroxylation is 1. The average molecular weight is 375 g/mol. The van der Waals surface area contributed by atoms with Crippen LogP contribution in [-0.2, 0) is 17.8 Å². The normalized spacial score (nSPS) is 11.5. The van der Waals surface area contributed by atoms with Crippen molar-refractivity contribution in [1.82, 2.24) is 0 Å². The Bertz CT molecular complexity index is 891. The molecule has 0 heterocycles. The molecule has 1 N–H and O–H groups in total. The second-order valence-electron chi connectivity index (χ2n) is 6.55. The zero-order valence-corrected chi connectivity index (χ0v) is 16.2. The summed E-state index contributed by atoms with van der Waals surface area (Å²) in [5.41, 5.74) is 3.00. The maximum atomic E-state index is 12.5. The number of benzene rings is 3. The molecule has 3 aromatic rings. The van der Waals surface area contributed by atoms with Gasteiger partial charge in [0.05, 0.1) is 0 Å². The van der Waals surface area contributed by atoms with Crippen LogP contribution in [0.5, 0.6) is 11.5 Å². The topological polar surface area (TPSA) is 47.6 Å². The van der Waals surface area contributed by atoms with E-state index in [0.717, 1.165) is 12.0 Å². The molecule has 3 rings (SSSR count). The number of hydrogen-bond acceptors (Lipinski definition) is 3. The summed E-state index contributed by atoms with van der Waals surface area (Å²) in [7, 11) is 0. The van der Waals surface area contributed by atoms with Gasteiger partial charge in [0, 0.05) is 11.8 Å². The maximum Gasteiger partial charge on any atom is 0.265 e. The van der Waals surface area contributed by atoms with Crippen LogP contribution in [0.3, 0.4) is 0 Å². The molecular weight excluding hydrogens is 350 g/mol. The largest absolute Gasteiger partial charge is 0.489 e. The molecule has 0 aromatic heterocycles. The van der Waals surface area contributed by atoms with Gasteiger partial charge in [-0.3, -0.25) is 4.79 Å². The fraction of sp³-hybridized carbons (Fsp3) is 0.208. The molecule has 0 fully saturated rings. The van der Waals surface area contributed by atoms with E-state index in [4.69, 9.17) is 9.47 Å². The number of carbonyl (C=O) groups excluding carboxylic acids is 1. The molecule has 0 saturated carbocycles. The zero-order valence-electron chi connectivity index (χ0n) is 16.2. The SMILES string of the molecule is CCc1ccc(OC(C)C(=O)Nc2cccc(OCc3ccccc3)c2)cc1. The first kappa shape index (κ1) is 19.5. The van der Waals surface area contributed by atoms with Gasteiger partial charge in [-0.25, -0.2) is 0 Å². The van der Waals surface area contributed by atoms with E-state index >= 15 is 0 Å². The summed E-state index contributed by atoms with van der Waals surface area (Å²) >= 11 is 0. The Morgan fingerprint density at radius 2 is 1.64 bits per heavy atom. The second-order valence-corrected chi connectivity index (χ2v) is 6.55. The minimum atomic E-state index is -0.610.